The van der Waals surface area contributed by atoms with E-state index in [1.54, 1.807) is 19.1 Å². The molecule has 0 unspecified atom stereocenters. The summed E-state index contributed by atoms with van der Waals surface area (Å²) in [5.41, 5.74) is 3.63. The molecule has 0 amide bonds. The molecule has 0 aromatic heterocycles. The zero-order chi connectivity index (χ0) is 18.9. The van der Waals surface area contributed by atoms with Crippen LogP contribution in [0.2, 0.25) is 0 Å². The summed E-state index contributed by atoms with van der Waals surface area (Å²) in [5.74, 6) is 1.51. The zero-order valence-electron chi connectivity index (χ0n) is 15.6. The Labute approximate surface area is 155 Å². The molecule has 2 aromatic rings. The van der Waals surface area contributed by atoms with Crippen molar-refractivity contribution < 1.29 is 17.9 Å². The molecule has 2 aromatic carbocycles. The van der Waals surface area contributed by atoms with Crippen LogP contribution in [0.25, 0.3) is 0 Å². The highest BCUT2D eigenvalue weighted by atomic mass is 32.2. The van der Waals surface area contributed by atoms with Gasteiger partial charge in [0.15, 0.2) is 0 Å². The molecule has 0 fully saturated rings. The Balaban J connectivity index is 1.85. The first kappa shape index (κ1) is 18.7. The Morgan fingerprint density at radius 2 is 2.00 bits per heavy atom. The molecule has 0 saturated heterocycles. The number of nitrogens with one attached hydrogen (secondary N) is 1. The van der Waals surface area contributed by atoms with Crippen molar-refractivity contribution >= 4 is 10.0 Å². The van der Waals surface area contributed by atoms with Crippen LogP contribution in [-0.2, 0) is 23.0 Å². The van der Waals surface area contributed by atoms with Crippen LogP contribution >= 0.6 is 0 Å². The van der Waals surface area contributed by atoms with Crippen LogP contribution in [0.5, 0.6) is 11.5 Å². The fourth-order valence-electron chi connectivity index (χ4n) is 3.26. The second-order valence-electron chi connectivity index (χ2n) is 6.73. The third-order valence-electron chi connectivity index (χ3n) is 4.45. The smallest absolute Gasteiger partial charge is 0.241 e. The van der Waals surface area contributed by atoms with Crippen LogP contribution < -0.4 is 14.2 Å². The molecule has 26 heavy (non-hydrogen) atoms. The van der Waals surface area contributed by atoms with Crippen molar-refractivity contribution in [2.45, 2.75) is 51.7 Å². The maximum atomic E-state index is 12.7. The molecular formula is C20H25NO4S. The van der Waals surface area contributed by atoms with Gasteiger partial charge in [-0.25, -0.2) is 13.1 Å². The van der Waals surface area contributed by atoms with Crippen molar-refractivity contribution in [3.63, 3.8) is 0 Å². The van der Waals surface area contributed by atoms with E-state index in [0.717, 1.165) is 34.4 Å². The first-order valence-corrected chi connectivity index (χ1v) is 10.3. The van der Waals surface area contributed by atoms with Gasteiger partial charge in [0, 0.05) is 24.1 Å². The number of fused-ring (bicyclic) bond motifs is 1. The molecule has 3 rings (SSSR count). The van der Waals surface area contributed by atoms with E-state index in [1.165, 1.54) is 0 Å². The Kier molecular flexibility index (Phi) is 5.25. The van der Waals surface area contributed by atoms with Crippen LogP contribution in [0, 0.1) is 13.8 Å². The number of hydrogen-bond acceptors (Lipinski definition) is 4. The standard InChI is InChI=1S/C20H25NO4S/c1-5-24-18-10-16-9-15(4)25-19(16)11-17(18)12-21-26(22,23)20-7-6-13(2)8-14(20)3/h6-8,10-11,15,21H,5,9,12H2,1-4H3/t15-/m1/s1. The minimum Gasteiger partial charge on any atom is -0.494 e. The maximum absolute atomic E-state index is 12.7. The van der Waals surface area contributed by atoms with E-state index in [-0.39, 0.29) is 12.6 Å². The molecule has 0 saturated carbocycles. The van der Waals surface area contributed by atoms with Crippen molar-refractivity contribution in [1.29, 1.82) is 0 Å². The summed E-state index contributed by atoms with van der Waals surface area (Å²) in [7, 11) is -3.61. The summed E-state index contributed by atoms with van der Waals surface area (Å²) >= 11 is 0. The summed E-state index contributed by atoms with van der Waals surface area (Å²) in [6.07, 6.45) is 0.964. The van der Waals surface area contributed by atoms with Gasteiger partial charge in [0.2, 0.25) is 10.0 Å². The van der Waals surface area contributed by atoms with Crippen molar-refractivity contribution in [3.05, 3.63) is 52.6 Å². The van der Waals surface area contributed by atoms with Crippen molar-refractivity contribution in [2.75, 3.05) is 6.61 Å². The summed E-state index contributed by atoms with van der Waals surface area (Å²) in [5, 5.41) is 0. The number of rotatable bonds is 6. The number of sulfonamides is 1. The molecule has 0 bridgehead atoms. The average Bonchev–Trinajstić information content (AvgIpc) is 2.91. The molecule has 1 aliphatic rings. The third kappa shape index (κ3) is 3.86. The first-order chi connectivity index (χ1) is 12.3. The number of ether oxygens (including phenoxy) is 2. The minimum atomic E-state index is -3.61. The molecule has 6 heteroatoms. The summed E-state index contributed by atoms with van der Waals surface area (Å²) in [6, 6.07) is 9.16. The monoisotopic (exact) mass is 375 g/mol. The van der Waals surface area contributed by atoms with Gasteiger partial charge >= 0.3 is 0 Å². The average molecular weight is 375 g/mol. The Morgan fingerprint density at radius 1 is 1.23 bits per heavy atom. The number of aryl methyl sites for hydroxylation is 2. The number of benzene rings is 2. The molecule has 1 heterocycles. The molecule has 5 nitrogen and oxygen atoms in total. The van der Waals surface area contributed by atoms with Gasteiger partial charge in [0.25, 0.3) is 0 Å². The van der Waals surface area contributed by atoms with Gasteiger partial charge in [0.05, 0.1) is 11.5 Å². The second kappa shape index (κ2) is 7.29. The van der Waals surface area contributed by atoms with Crippen molar-refractivity contribution in [1.82, 2.24) is 4.72 Å². The summed E-state index contributed by atoms with van der Waals surface area (Å²) < 4.78 is 39.6. The van der Waals surface area contributed by atoms with Gasteiger partial charge in [-0.2, -0.15) is 0 Å². The molecule has 0 aliphatic carbocycles. The second-order valence-corrected chi connectivity index (χ2v) is 8.46. The lowest BCUT2D eigenvalue weighted by Crippen LogP contribution is -2.24. The quantitative estimate of drug-likeness (QED) is 0.839. The summed E-state index contributed by atoms with van der Waals surface area (Å²) in [4.78, 5) is 0.298. The normalized spacial score (nSPS) is 16.2. The van der Waals surface area contributed by atoms with Crippen LogP contribution in [-0.4, -0.2) is 21.1 Å². The van der Waals surface area contributed by atoms with E-state index in [9.17, 15) is 8.42 Å². The van der Waals surface area contributed by atoms with E-state index in [2.05, 4.69) is 4.72 Å². The van der Waals surface area contributed by atoms with Crippen LogP contribution in [0.15, 0.2) is 35.2 Å². The van der Waals surface area contributed by atoms with E-state index in [1.807, 2.05) is 39.0 Å². The summed E-state index contributed by atoms with van der Waals surface area (Å²) in [6.45, 7) is 8.34. The van der Waals surface area contributed by atoms with Crippen LogP contribution in [0.1, 0.15) is 36.1 Å². The third-order valence-corrected chi connectivity index (χ3v) is 6.01. The highest BCUT2D eigenvalue weighted by molar-refractivity contribution is 7.89. The fraction of sp³-hybridized carbons (Fsp3) is 0.400. The highest BCUT2D eigenvalue weighted by Gasteiger charge is 2.23. The Bertz CT molecular complexity index is 922. The van der Waals surface area contributed by atoms with E-state index in [0.29, 0.717) is 17.3 Å². The van der Waals surface area contributed by atoms with Crippen molar-refractivity contribution in [3.8, 4) is 11.5 Å². The molecule has 1 aliphatic heterocycles. The van der Waals surface area contributed by atoms with Crippen LogP contribution in [0.3, 0.4) is 0 Å². The van der Waals surface area contributed by atoms with Gasteiger partial charge in [0.1, 0.15) is 17.6 Å². The SMILES string of the molecule is CCOc1cc2c(cc1CNS(=O)(=O)c1ccc(C)cc1C)O[C@H](C)C2. The Morgan fingerprint density at radius 3 is 2.69 bits per heavy atom. The molecular weight excluding hydrogens is 350 g/mol. The van der Waals surface area contributed by atoms with Gasteiger partial charge in [-0.15, -0.1) is 0 Å². The van der Waals surface area contributed by atoms with Crippen LogP contribution in [0.4, 0.5) is 0 Å². The number of hydrogen-bond donors (Lipinski definition) is 1. The highest BCUT2D eigenvalue weighted by Crippen LogP contribution is 2.35. The predicted molar refractivity (Wildman–Crippen MR) is 101 cm³/mol. The first-order valence-electron chi connectivity index (χ1n) is 8.82. The maximum Gasteiger partial charge on any atom is 0.241 e. The lowest BCUT2D eigenvalue weighted by molar-refractivity contribution is 0.254. The van der Waals surface area contributed by atoms with Gasteiger partial charge in [-0.3, -0.25) is 0 Å². The largest absolute Gasteiger partial charge is 0.494 e. The molecule has 1 N–H and O–H groups in total. The Hall–Kier alpha value is -2.05. The molecule has 140 valence electrons. The molecule has 1 atom stereocenters. The fourth-order valence-corrected chi connectivity index (χ4v) is 4.49. The lowest BCUT2D eigenvalue weighted by atomic mass is 10.1. The lowest BCUT2D eigenvalue weighted by Gasteiger charge is -2.14. The topological polar surface area (TPSA) is 64.6 Å². The van der Waals surface area contributed by atoms with Gasteiger partial charge in [-0.05, 0) is 51.5 Å². The predicted octanol–water partition coefficient (Wildman–Crippen LogP) is 3.50. The van der Waals surface area contributed by atoms with E-state index in [4.69, 9.17) is 9.47 Å². The van der Waals surface area contributed by atoms with E-state index < -0.39 is 10.0 Å². The van der Waals surface area contributed by atoms with Crippen molar-refractivity contribution in [2.24, 2.45) is 0 Å². The molecule has 0 radical (unpaired) electrons. The molecule has 0 spiro atoms. The zero-order valence-corrected chi connectivity index (χ0v) is 16.4. The van der Waals surface area contributed by atoms with Gasteiger partial charge < -0.3 is 9.47 Å². The van der Waals surface area contributed by atoms with E-state index >= 15 is 0 Å². The minimum absolute atomic E-state index is 0.127. The van der Waals surface area contributed by atoms with Gasteiger partial charge in [-0.1, -0.05) is 17.7 Å².